The second-order valence-corrected chi connectivity index (χ2v) is 4.26. The van der Waals surface area contributed by atoms with Gasteiger partial charge in [-0.05, 0) is 36.2 Å². The van der Waals surface area contributed by atoms with Gasteiger partial charge < -0.3 is 11.5 Å². The van der Waals surface area contributed by atoms with E-state index in [1.807, 2.05) is 6.92 Å². The summed E-state index contributed by atoms with van der Waals surface area (Å²) in [5.74, 6) is -0.195. The Balaban J connectivity index is 2.36. The van der Waals surface area contributed by atoms with Crippen LogP contribution in [-0.2, 0) is 6.54 Å². The smallest absolute Gasteiger partial charge is 0.267 e. The first-order valence-corrected chi connectivity index (χ1v) is 5.70. The summed E-state index contributed by atoms with van der Waals surface area (Å²) in [7, 11) is 0. The number of rotatable bonds is 3. The summed E-state index contributed by atoms with van der Waals surface area (Å²) in [6, 6.07) is 7.90. The van der Waals surface area contributed by atoms with E-state index in [9.17, 15) is 9.59 Å². The minimum absolute atomic E-state index is 0.229. The van der Waals surface area contributed by atoms with E-state index < -0.39 is 5.91 Å². The first kappa shape index (κ1) is 12.8. The van der Waals surface area contributed by atoms with Crippen molar-refractivity contribution in [3.63, 3.8) is 0 Å². The summed E-state index contributed by atoms with van der Waals surface area (Å²) in [6.07, 6.45) is 0. The van der Waals surface area contributed by atoms with Crippen LogP contribution in [-0.4, -0.2) is 15.7 Å². The maximum Gasteiger partial charge on any atom is 0.267 e. The van der Waals surface area contributed by atoms with Crippen LogP contribution in [0.2, 0.25) is 0 Å². The van der Waals surface area contributed by atoms with Crippen LogP contribution in [0.15, 0.2) is 35.1 Å². The van der Waals surface area contributed by atoms with E-state index in [0.29, 0.717) is 12.1 Å². The van der Waals surface area contributed by atoms with Crippen LogP contribution >= 0.6 is 0 Å². The number of carbonyl (C=O) groups is 1. The number of carbonyl (C=O) groups excluding carboxylic acids is 1. The molecule has 0 fully saturated rings. The van der Waals surface area contributed by atoms with Crippen molar-refractivity contribution in [2.24, 2.45) is 5.73 Å². The molecule has 0 saturated carbocycles. The van der Waals surface area contributed by atoms with Crippen molar-refractivity contribution in [3.05, 3.63) is 57.4 Å². The standard InChI is InChI=1S/C13H14N4O2/c1-8-6-9(13(15)19)2-3-10(8)7-17-12(18)5-4-11(14)16-17/h2-6H,7H2,1H3,(H2,14,16)(H2,15,19). The zero-order chi connectivity index (χ0) is 14.0. The van der Waals surface area contributed by atoms with Crippen LogP contribution in [0.3, 0.4) is 0 Å². The number of hydrogen-bond acceptors (Lipinski definition) is 4. The molecule has 1 heterocycles. The van der Waals surface area contributed by atoms with Gasteiger partial charge in [0.1, 0.15) is 5.82 Å². The Labute approximate surface area is 109 Å². The number of nitrogen functional groups attached to an aromatic ring is 1. The molecule has 0 aliphatic heterocycles. The van der Waals surface area contributed by atoms with E-state index in [1.54, 1.807) is 18.2 Å². The fraction of sp³-hybridized carbons (Fsp3) is 0.154. The number of anilines is 1. The summed E-state index contributed by atoms with van der Waals surface area (Å²) in [6.45, 7) is 2.15. The zero-order valence-electron chi connectivity index (χ0n) is 10.5. The van der Waals surface area contributed by atoms with Gasteiger partial charge in [-0.25, -0.2) is 4.68 Å². The SMILES string of the molecule is Cc1cc(C(N)=O)ccc1Cn1nc(N)ccc1=O. The minimum atomic E-state index is -0.478. The molecule has 1 aromatic carbocycles. The Morgan fingerprint density at radius 1 is 1.32 bits per heavy atom. The van der Waals surface area contributed by atoms with E-state index in [4.69, 9.17) is 11.5 Å². The highest BCUT2D eigenvalue weighted by Gasteiger charge is 2.06. The van der Waals surface area contributed by atoms with Gasteiger partial charge in [-0.2, -0.15) is 5.10 Å². The van der Waals surface area contributed by atoms with Crippen LogP contribution in [0.4, 0.5) is 5.82 Å². The third kappa shape index (κ3) is 2.79. The second-order valence-electron chi connectivity index (χ2n) is 4.26. The molecular weight excluding hydrogens is 244 g/mol. The van der Waals surface area contributed by atoms with Crippen LogP contribution in [0.5, 0.6) is 0 Å². The molecule has 0 bridgehead atoms. The summed E-state index contributed by atoms with van der Waals surface area (Å²) in [5.41, 5.74) is 12.7. The number of primary amides is 1. The lowest BCUT2D eigenvalue weighted by atomic mass is 10.0. The zero-order valence-corrected chi connectivity index (χ0v) is 10.5. The molecule has 0 aliphatic carbocycles. The molecule has 6 heteroatoms. The number of aromatic nitrogens is 2. The third-order valence-corrected chi connectivity index (χ3v) is 2.83. The molecule has 4 N–H and O–H groups in total. The third-order valence-electron chi connectivity index (χ3n) is 2.83. The predicted molar refractivity (Wildman–Crippen MR) is 71.7 cm³/mol. The summed E-state index contributed by atoms with van der Waals surface area (Å²) < 4.78 is 1.28. The highest BCUT2D eigenvalue weighted by Crippen LogP contribution is 2.11. The number of amides is 1. The lowest BCUT2D eigenvalue weighted by molar-refractivity contribution is 0.1000. The van der Waals surface area contributed by atoms with Gasteiger partial charge in [-0.3, -0.25) is 9.59 Å². The van der Waals surface area contributed by atoms with E-state index in [0.717, 1.165) is 11.1 Å². The molecule has 98 valence electrons. The van der Waals surface area contributed by atoms with Gasteiger partial charge in [0.15, 0.2) is 0 Å². The van der Waals surface area contributed by atoms with Crippen molar-refractivity contribution in [2.75, 3.05) is 5.73 Å². The van der Waals surface area contributed by atoms with Crippen molar-refractivity contribution < 1.29 is 4.79 Å². The van der Waals surface area contributed by atoms with E-state index in [2.05, 4.69) is 5.10 Å². The molecule has 1 amide bonds. The first-order valence-electron chi connectivity index (χ1n) is 5.70. The molecule has 19 heavy (non-hydrogen) atoms. The fourth-order valence-corrected chi connectivity index (χ4v) is 1.77. The maximum absolute atomic E-state index is 11.6. The molecule has 0 aliphatic rings. The van der Waals surface area contributed by atoms with Gasteiger partial charge in [0.2, 0.25) is 5.91 Å². The number of nitrogens with zero attached hydrogens (tertiary/aromatic N) is 2. The lowest BCUT2D eigenvalue weighted by Gasteiger charge is -2.09. The minimum Gasteiger partial charge on any atom is -0.382 e. The Bertz CT molecular complexity index is 691. The van der Waals surface area contributed by atoms with Gasteiger partial charge in [0.25, 0.3) is 5.56 Å². The molecule has 0 unspecified atom stereocenters. The molecule has 2 rings (SSSR count). The number of nitrogens with two attached hydrogens (primary N) is 2. The number of hydrogen-bond donors (Lipinski definition) is 2. The lowest BCUT2D eigenvalue weighted by Crippen LogP contribution is -2.23. The van der Waals surface area contributed by atoms with Gasteiger partial charge in [0.05, 0.1) is 6.54 Å². The van der Waals surface area contributed by atoms with Crippen LogP contribution in [0.25, 0.3) is 0 Å². The van der Waals surface area contributed by atoms with Crippen molar-refractivity contribution in [1.82, 2.24) is 9.78 Å². The van der Waals surface area contributed by atoms with Gasteiger partial charge in [-0.1, -0.05) is 6.07 Å². The molecule has 0 atom stereocenters. The van der Waals surface area contributed by atoms with Gasteiger partial charge in [0, 0.05) is 11.6 Å². The van der Waals surface area contributed by atoms with Crippen molar-refractivity contribution >= 4 is 11.7 Å². The summed E-state index contributed by atoms with van der Waals surface area (Å²) in [5, 5.41) is 3.96. The Morgan fingerprint density at radius 3 is 2.68 bits per heavy atom. The molecule has 2 aromatic rings. The Hall–Kier alpha value is -2.63. The Kier molecular flexibility index (Phi) is 3.33. The molecule has 0 saturated heterocycles. The van der Waals surface area contributed by atoms with E-state index in [-0.39, 0.29) is 11.4 Å². The molecule has 0 spiro atoms. The summed E-state index contributed by atoms with van der Waals surface area (Å²) in [4.78, 5) is 22.7. The van der Waals surface area contributed by atoms with Crippen molar-refractivity contribution in [3.8, 4) is 0 Å². The first-order chi connectivity index (χ1) is 8.97. The number of benzene rings is 1. The highest BCUT2D eigenvalue weighted by molar-refractivity contribution is 5.93. The van der Waals surface area contributed by atoms with Crippen molar-refractivity contribution in [2.45, 2.75) is 13.5 Å². The quantitative estimate of drug-likeness (QED) is 0.825. The fourth-order valence-electron chi connectivity index (χ4n) is 1.77. The largest absolute Gasteiger partial charge is 0.382 e. The molecule has 1 aromatic heterocycles. The van der Waals surface area contributed by atoms with E-state index >= 15 is 0 Å². The maximum atomic E-state index is 11.6. The summed E-state index contributed by atoms with van der Waals surface area (Å²) >= 11 is 0. The predicted octanol–water partition coefficient (Wildman–Crippen LogP) is 0.281. The van der Waals surface area contributed by atoms with Crippen LogP contribution < -0.4 is 17.0 Å². The van der Waals surface area contributed by atoms with Gasteiger partial charge >= 0.3 is 0 Å². The molecule has 6 nitrogen and oxygen atoms in total. The van der Waals surface area contributed by atoms with E-state index in [1.165, 1.54) is 16.8 Å². The van der Waals surface area contributed by atoms with Crippen molar-refractivity contribution in [1.29, 1.82) is 0 Å². The normalized spacial score (nSPS) is 10.4. The highest BCUT2D eigenvalue weighted by atomic mass is 16.1. The molecule has 0 radical (unpaired) electrons. The second kappa shape index (κ2) is 4.93. The van der Waals surface area contributed by atoms with Gasteiger partial charge in [-0.15, -0.1) is 0 Å². The molecular formula is C13H14N4O2. The van der Waals surface area contributed by atoms with Crippen LogP contribution in [0, 0.1) is 6.92 Å². The average molecular weight is 258 g/mol. The monoisotopic (exact) mass is 258 g/mol. The topological polar surface area (TPSA) is 104 Å². The van der Waals surface area contributed by atoms with Crippen LogP contribution in [0.1, 0.15) is 21.5 Å². The number of aryl methyl sites for hydroxylation is 1. The Morgan fingerprint density at radius 2 is 2.05 bits per heavy atom. The average Bonchev–Trinajstić information content (AvgIpc) is 2.36.